The van der Waals surface area contributed by atoms with Crippen molar-refractivity contribution in [2.75, 3.05) is 26.3 Å². The van der Waals surface area contributed by atoms with Crippen molar-refractivity contribution in [2.45, 2.75) is 12.8 Å². The first-order chi connectivity index (χ1) is 6.81. The van der Waals surface area contributed by atoms with Gasteiger partial charge in [0.05, 0.1) is 0 Å². The van der Waals surface area contributed by atoms with Gasteiger partial charge in [-0.1, -0.05) is 6.58 Å². The van der Waals surface area contributed by atoms with E-state index >= 15 is 0 Å². The smallest absolute Gasteiger partial charge is 0.245 e. The molecular formula is C11H17NO2. The second-order valence-electron chi connectivity index (χ2n) is 4.16. The average Bonchev–Trinajstić information content (AvgIpc) is 2.17. The maximum absolute atomic E-state index is 11.2. The maximum atomic E-state index is 11.2. The van der Waals surface area contributed by atoms with Crippen molar-refractivity contribution in [2.24, 2.45) is 11.8 Å². The number of amides is 1. The third kappa shape index (κ3) is 1.82. The Kier molecular flexibility index (Phi) is 2.87. The molecule has 3 heteroatoms. The highest BCUT2D eigenvalue weighted by Gasteiger charge is 2.35. The van der Waals surface area contributed by atoms with Gasteiger partial charge in [-0.05, 0) is 30.8 Å². The predicted octanol–water partition coefficient (Wildman–Crippen LogP) is 1.06. The minimum Gasteiger partial charge on any atom is -0.381 e. The fourth-order valence-electron chi connectivity index (χ4n) is 2.31. The van der Waals surface area contributed by atoms with Crippen molar-refractivity contribution in [1.29, 1.82) is 0 Å². The normalized spacial score (nSPS) is 24.4. The fourth-order valence-corrected chi connectivity index (χ4v) is 2.31. The molecule has 3 nitrogen and oxygen atoms in total. The van der Waals surface area contributed by atoms with Crippen molar-refractivity contribution >= 4 is 5.91 Å². The number of hydrogen-bond acceptors (Lipinski definition) is 2. The molecule has 2 rings (SSSR count). The molecule has 0 saturated carbocycles. The van der Waals surface area contributed by atoms with E-state index in [2.05, 4.69) is 6.58 Å². The van der Waals surface area contributed by atoms with Gasteiger partial charge in [-0.15, -0.1) is 0 Å². The van der Waals surface area contributed by atoms with Crippen LogP contribution in [0.1, 0.15) is 12.8 Å². The van der Waals surface area contributed by atoms with Crippen LogP contribution in [0.4, 0.5) is 0 Å². The lowest BCUT2D eigenvalue weighted by molar-refractivity contribution is -0.134. The lowest BCUT2D eigenvalue weighted by Crippen LogP contribution is -2.52. The molecule has 0 aromatic carbocycles. The van der Waals surface area contributed by atoms with Crippen LogP contribution in [0.15, 0.2) is 12.7 Å². The van der Waals surface area contributed by atoms with E-state index in [1.165, 1.54) is 18.9 Å². The summed E-state index contributed by atoms with van der Waals surface area (Å²) in [6, 6.07) is 0. The van der Waals surface area contributed by atoms with Gasteiger partial charge in [0.2, 0.25) is 5.91 Å². The number of carbonyl (C=O) groups is 1. The molecule has 0 unspecified atom stereocenters. The molecular weight excluding hydrogens is 178 g/mol. The SMILES string of the molecule is C=CC(=O)N1CC(C2CCOCC2)C1. The van der Waals surface area contributed by atoms with E-state index in [0.717, 1.165) is 32.2 Å². The van der Waals surface area contributed by atoms with Gasteiger partial charge < -0.3 is 9.64 Å². The lowest BCUT2D eigenvalue weighted by atomic mass is 9.81. The number of nitrogens with zero attached hydrogens (tertiary/aromatic N) is 1. The minimum atomic E-state index is 0.0771. The van der Waals surface area contributed by atoms with Crippen LogP contribution in [0.2, 0.25) is 0 Å². The van der Waals surface area contributed by atoms with E-state index in [1.807, 2.05) is 4.90 Å². The maximum Gasteiger partial charge on any atom is 0.245 e. The number of ether oxygens (including phenoxy) is 1. The van der Waals surface area contributed by atoms with Crippen molar-refractivity contribution in [3.05, 3.63) is 12.7 Å². The standard InChI is InChI=1S/C11H17NO2/c1-2-11(13)12-7-10(8-12)9-3-5-14-6-4-9/h2,9-10H,1,3-8H2. The highest BCUT2D eigenvalue weighted by molar-refractivity contribution is 5.87. The molecule has 0 spiro atoms. The monoisotopic (exact) mass is 195 g/mol. The van der Waals surface area contributed by atoms with Crippen LogP contribution in [-0.4, -0.2) is 37.1 Å². The molecule has 14 heavy (non-hydrogen) atoms. The van der Waals surface area contributed by atoms with E-state index in [0.29, 0.717) is 5.92 Å². The molecule has 2 aliphatic rings. The highest BCUT2D eigenvalue weighted by Crippen LogP contribution is 2.30. The molecule has 1 amide bonds. The topological polar surface area (TPSA) is 29.5 Å². The molecule has 0 atom stereocenters. The van der Waals surface area contributed by atoms with Crippen molar-refractivity contribution in [3.63, 3.8) is 0 Å². The largest absolute Gasteiger partial charge is 0.381 e. The van der Waals surface area contributed by atoms with Gasteiger partial charge in [0.25, 0.3) is 0 Å². The van der Waals surface area contributed by atoms with Gasteiger partial charge in [-0.25, -0.2) is 0 Å². The van der Waals surface area contributed by atoms with Crippen LogP contribution in [0.5, 0.6) is 0 Å². The molecule has 2 fully saturated rings. The van der Waals surface area contributed by atoms with Crippen LogP contribution in [0, 0.1) is 11.8 Å². The summed E-state index contributed by atoms with van der Waals surface area (Å²) in [5.41, 5.74) is 0. The summed E-state index contributed by atoms with van der Waals surface area (Å²) < 4.78 is 5.32. The van der Waals surface area contributed by atoms with Gasteiger partial charge in [-0.3, -0.25) is 4.79 Å². The Morgan fingerprint density at radius 2 is 1.93 bits per heavy atom. The van der Waals surface area contributed by atoms with Crippen LogP contribution in [0.3, 0.4) is 0 Å². The molecule has 0 bridgehead atoms. The number of hydrogen-bond donors (Lipinski definition) is 0. The first-order valence-electron chi connectivity index (χ1n) is 5.30. The van der Waals surface area contributed by atoms with Crippen molar-refractivity contribution in [1.82, 2.24) is 4.90 Å². The molecule has 0 aromatic rings. The molecule has 0 aliphatic carbocycles. The summed E-state index contributed by atoms with van der Waals surface area (Å²) in [5, 5.41) is 0. The zero-order valence-corrected chi connectivity index (χ0v) is 8.45. The van der Waals surface area contributed by atoms with Crippen LogP contribution >= 0.6 is 0 Å². The molecule has 2 aliphatic heterocycles. The van der Waals surface area contributed by atoms with Crippen molar-refractivity contribution in [3.8, 4) is 0 Å². The third-order valence-electron chi connectivity index (χ3n) is 3.33. The summed E-state index contributed by atoms with van der Waals surface area (Å²) in [6.45, 7) is 7.14. The van der Waals surface area contributed by atoms with E-state index in [1.54, 1.807) is 0 Å². The number of rotatable bonds is 2. The summed E-state index contributed by atoms with van der Waals surface area (Å²) in [7, 11) is 0. The molecule has 0 radical (unpaired) electrons. The van der Waals surface area contributed by atoms with E-state index in [9.17, 15) is 4.79 Å². The Bertz CT molecular complexity index is 227. The second kappa shape index (κ2) is 4.13. The fraction of sp³-hybridized carbons (Fsp3) is 0.727. The zero-order valence-electron chi connectivity index (χ0n) is 8.45. The minimum absolute atomic E-state index is 0.0771. The van der Waals surface area contributed by atoms with Crippen LogP contribution in [0.25, 0.3) is 0 Å². The highest BCUT2D eigenvalue weighted by atomic mass is 16.5. The third-order valence-corrected chi connectivity index (χ3v) is 3.33. The van der Waals surface area contributed by atoms with E-state index in [4.69, 9.17) is 4.74 Å². The Morgan fingerprint density at radius 1 is 1.29 bits per heavy atom. The molecule has 2 heterocycles. The number of carbonyl (C=O) groups excluding carboxylic acids is 1. The Labute approximate surface area is 84.7 Å². The Hall–Kier alpha value is -0.830. The van der Waals surface area contributed by atoms with Gasteiger partial charge in [0.15, 0.2) is 0 Å². The lowest BCUT2D eigenvalue weighted by Gasteiger charge is -2.44. The number of likely N-dealkylation sites (tertiary alicyclic amines) is 1. The summed E-state index contributed by atoms with van der Waals surface area (Å²) >= 11 is 0. The van der Waals surface area contributed by atoms with Crippen LogP contribution < -0.4 is 0 Å². The van der Waals surface area contributed by atoms with E-state index < -0.39 is 0 Å². The van der Waals surface area contributed by atoms with Gasteiger partial charge in [-0.2, -0.15) is 0 Å². The Balaban J connectivity index is 1.76. The first-order valence-corrected chi connectivity index (χ1v) is 5.30. The average molecular weight is 195 g/mol. The molecule has 78 valence electrons. The van der Waals surface area contributed by atoms with Gasteiger partial charge in [0, 0.05) is 26.3 Å². The Morgan fingerprint density at radius 3 is 2.50 bits per heavy atom. The van der Waals surface area contributed by atoms with Crippen molar-refractivity contribution < 1.29 is 9.53 Å². The molecule has 0 aromatic heterocycles. The molecule has 0 N–H and O–H groups in total. The molecule has 2 saturated heterocycles. The quantitative estimate of drug-likeness (QED) is 0.616. The summed E-state index contributed by atoms with van der Waals surface area (Å²) in [5.74, 6) is 1.56. The second-order valence-corrected chi connectivity index (χ2v) is 4.16. The summed E-state index contributed by atoms with van der Waals surface area (Å²) in [6.07, 6.45) is 3.74. The zero-order chi connectivity index (χ0) is 9.97. The van der Waals surface area contributed by atoms with E-state index in [-0.39, 0.29) is 5.91 Å². The van der Waals surface area contributed by atoms with Crippen LogP contribution in [-0.2, 0) is 9.53 Å². The summed E-state index contributed by atoms with van der Waals surface area (Å²) in [4.78, 5) is 13.1. The van der Waals surface area contributed by atoms with Gasteiger partial charge >= 0.3 is 0 Å². The van der Waals surface area contributed by atoms with Gasteiger partial charge in [0.1, 0.15) is 0 Å². The first kappa shape index (κ1) is 9.71. The predicted molar refractivity (Wildman–Crippen MR) is 53.8 cm³/mol.